The number of aryl methyl sites for hydroxylation is 2. The summed E-state index contributed by atoms with van der Waals surface area (Å²) in [6.07, 6.45) is -0.0420. The molecule has 8 heteroatoms. The number of carbonyl (C=O) groups is 4. The monoisotopic (exact) mass is 402 g/mol. The summed E-state index contributed by atoms with van der Waals surface area (Å²) in [6, 6.07) is 8.11. The van der Waals surface area contributed by atoms with E-state index >= 15 is 0 Å². The van der Waals surface area contributed by atoms with Gasteiger partial charge in [0, 0.05) is 40.0 Å². The van der Waals surface area contributed by atoms with E-state index in [9.17, 15) is 19.2 Å². The molecule has 1 aromatic carbocycles. The third-order valence-electron chi connectivity index (χ3n) is 3.92. The molecule has 0 radical (unpaired) electrons. The van der Waals surface area contributed by atoms with Crippen LogP contribution in [-0.2, 0) is 14.3 Å². The highest BCUT2D eigenvalue weighted by Crippen LogP contribution is 2.22. The van der Waals surface area contributed by atoms with E-state index in [0.29, 0.717) is 16.8 Å². The quantitative estimate of drug-likeness (QED) is 0.522. The van der Waals surface area contributed by atoms with Crippen molar-refractivity contribution in [1.82, 2.24) is 5.32 Å². The summed E-state index contributed by atoms with van der Waals surface area (Å²) in [4.78, 5) is 49.2. The second-order valence-corrected chi connectivity index (χ2v) is 7.58. The molecule has 0 atom stereocenters. The smallest absolute Gasteiger partial charge is 0.306 e. The standard InChI is InChI=1S/C20H22N2O5S/c1-12-10-16(13(2)28-12)17(23)8-9-19(25)27-11-18(24)22-15-6-4-14(5-7-15)20(26)21-3/h4-7,10H,8-9,11H2,1-3H3,(H,21,26)(H,22,24). The Morgan fingerprint density at radius 1 is 1.04 bits per heavy atom. The molecule has 0 fully saturated rings. The number of carbonyl (C=O) groups excluding carboxylic acids is 4. The van der Waals surface area contributed by atoms with E-state index in [2.05, 4.69) is 10.6 Å². The Hall–Kier alpha value is -3.00. The van der Waals surface area contributed by atoms with Crippen LogP contribution >= 0.6 is 11.3 Å². The fraction of sp³-hybridized carbons (Fsp3) is 0.300. The molecule has 1 heterocycles. The van der Waals surface area contributed by atoms with Gasteiger partial charge in [-0.05, 0) is 44.2 Å². The van der Waals surface area contributed by atoms with Crippen LogP contribution in [0.2, 0.25) is 0 Å². The minimum Gasteiger partial charge on any atom is -0.456 e. The number of thiophene rings is 1. The number of Topliss-reactive ketones (excluding diaryl/α,β-unsaturated/α-hetero) is 1. The molecule has 148 valence electrons. The van der Waals surface area contributed by atoms with E-state index in [-0.39, 0.29) is 24.5 Å². The van der Waals surface area contributed by atoms with Gasteiger partial charge < -0.3 is 15.4 Å². The van der Waals surface area contributed by atoms with E-state index in [1.165, 1.54) is 18.4 Å². The van der Waals surface area contributed by atoms with E-state index < -0.39 is 18.5 Å². The van der Waals surface area contributed by atoms with Crippen LogP contribution < -0.4 is 10.6 Å². The zero-order chi connectivity index (χ0) is 20.7. The maximum Gasteiger partial charge on any atom is 0.306 e. The number of amides is 2. The molecule has 0 bridgehead atoms. The number of nitrogens with one attached hydrogen (secondary N) is 2. The molecule has 2 aromatic rings. The molecule has 0 aliphatic carbocycles. The topological polar surface area (TPSA) is 102 Å². The lowest BCUT2D eigenvalue weighted by Crippen LogP contribution is -2.21. The highest BCUT2D eigenvalue weighted by atomic mass is 32.1. The van der Waals surface area contributed by atoms with Gasteiger partial charge in [-0.3, -0.25) is 19.2 Å². The largest absolute Gasteiger partial charge is 0.456 e. The molecule has 2 amide bonds. The number of rotatable bonds is 8. The summed E-state index contributed by atoms with van der Waals surface area (Å²) in [7, 11) is 1.53. The first-order valence-corrected chi connectivity index (χ1v) is 9.49. The minimum atomic E-state index is -0.608. The van der Waals surface area contributed by atoms with Gasteiger partial charge in [0.15, 0.2) is 12.4 Å². The van der Waals surface area contributed by atoms with Gasteiger partial charge in [-0.2, -0.15) is 0 Å². The van der Waals surface area contributed by atoms with Gasteiger partial charge in [-0.25, -0.2) is 0 Å². The van der Waals surface area contributed by atoms with Crippen LogP contribution in [0.4, 0.5) is 5.69 Å². The molecule has 0 spiro atoms. The van der Waals surface area contributed by atoms with Crippen molar-refractivity contribution >= 4 is 40.6 Å². The average Bonchev–Trinajstić information content (AvgIpc) is 3.02. The maximum atomic E-state index is 12.2. The minimum absolute atomic E-state index is 0.0401. The van der Waals surface area contributed by atoms with Gasteiger partial charge in [-0.15, -0.1) is 11.3 Å². The van der Waals surface area contributed by atoms with E-state index in [4.69, 9.17) is 4.74 Å². The van der Waals surface area contributed by atoms with Crippen LogP contribution in [0.3, 0.4) is 0 Å². The highest BCUT2D eigenvalue weighted by Gasteiger charge is 2.15. The second-order valence-electron chi connectivity index (χ2n) is 6.12. The Balaban J connectivity index is 1.74. The van der Waals surface area contributed by atoms with E-state index in [0.717, 1.165) is 9.75 Å². The number of hydrogen-bond donors (Lipinski definition) is 2. The van der Waals surface area contributed by atoms with Crippen molar-refractivity contribution in [1.29, 1.82) is 0 Å². The predicted molar refractivity (Wildman–Crippen MR) is 107 cm³/mol. The van der Waals surface area contributed by atoms with Gasteiger partial charge in [-0.1, -0.05) is 0 Å². The van der Waals surface area contributed by atoms with Gasteiger partial charge in [0.25, 0.3) is 11.8 Å². The van der Waals surface area contributed by atoms with Gasteiger partial charge in [0.2, 0.25) is 0 Å². The summed E-state index contributed by atoms with van der Waals surface area (Å²) in [5.41, 5.74) is 1.58. The molecule has 28 heavy (non-hydrogen) atoms. The lowest BCUT2D eigenvalue weighted by Gasteiger charge is -2.07. The van der Waals surface area contributed by atoms with Crippen molar-refractivity contribution in [3.05, 3.63) is 51.2 Å². The normalized spacial score (nSPS) is 10.2. The summed E-state index contributed by atoms with van der Waals surface area (Å²) in [5.74, 6) is -1.45. The predicted octanol–water partition coefficient (Wildman–Crippen LogP) is 2.87. The number of ketones is 1. The maximum absolute atomic E-state index is 12.2. The lowest BCUT2D eigenvalue weighted by atomic mass is 10.1. The first kappa shape index (κ1) is 21.3. The lowest BCUT2D eigenvalue weighted by molar-refractivity contribution is -0.147. The van der Waals surface area contributed by atoms with Gasteiger partial charge in [0.05, 0.1) is 6.42 Å². The Morgan fingerprint density at radius 3 is 2.29 bits per heavy atom. The zero-order valence-electron chi connectivity index (χ0n) is 16.0. The summed E-state index contributed by atoms with van der Waals surface area (Å²) < 4.78 is 4.91. The Bertz CT molecular complexity index is 887. The van der Waals surface area contributed by atoms with Crippen LogP contribution in [0.5, 0.6) is 0 Å². The van der Waals surface area contributed by atoms with Crippen LogP contribution in [0.1, 0.15) is 43.3 Å². The van der Waals surface area contributed by atoms with Crippen molar-refractivity contribution < 1.29 is 23.9 Å². The molecular formula is C20H22N2O5S. The van der Waals surface area contributed by atoms with Gasteiger partial charge in [0.1, 0.15) is 0 Å². The van der Waals surface area contributed by atoms with Crippen molar-refractivity contribution in [2.45, 2.75) is 26.7 Å². The molecule has 1 aromatic heterocycles. The number of esters is 1. The Morgan fingerprint density at radius 2 is 1.71 bits per heavy atom. The fourth-order valence-corrected chi connectivity index (χ4v) is 3.46. The molecule has 0 unspecified atom stereocenters. The van der Waals surface area contributed by atoms with Crippen LogP contribution in [0.25, 0.3) is 0 Å². The zero-order valence-corrected chi connectivity index (χ0v) is 16.8. The SMILES string of the molecule is CNC(=O)c1ccc(NC(=O)COC(=O)CCC(=O)c2cc(C)sc2C)cc1. The van der Waals surface area contributed by atoms with Crippen molar-refractivity contribution in [2.24, 2.45) is 0 Å². The van der Waals surface area contributed by atoms with Crippen molar-refractivity contribution in [2.75, 3.05) is 19.0 Å². The molecule has 0 saturated carbocycles. The molecule has 2 N–H and O–H groups in total. The average molecular weight is 402 g/mol. The molecule has 7 nitrogen and oxygen atoms in total. The van der Waals surface area contributed by atoms with Crippen LogP contribution in [-0.4, -0.2) is 37.2 Å². The highest BCUT2D eigenvalue weighted by molar-refractivity contribution is 7.12. The van der Waals surface area contributed by atoms with Crippen molar-refractivity contribution in [3.63, 3.8) is 0 Å². The molecular weight excluding hydrogens is 380 g/mol. The van der Waals surface area contributed by atoms with Crippen molar-refractivity contribution in [3.8, 4) is 0 Å². The molecule has 2 rings (SSSR count). The number of ether oxygens (including phenoxy) is 1. The third-order valence-corrected chi connectivity index (χ3v) is 4.89. The third kappa shape index (κ3) is 6.02. The number of anilines is 1. The Kier molecular flexibility index (Phi) is 7.45. The first-order chi connectivity index (χ1) is 13.3. The van der Waals surface area contributed by atoms with Gasteiger partial charge >= 0.3 is 5.97 Å². The second kappa shape index (κ2) is 9.80. The fourth-order valence-electron chi connectivity index (χ4n) is 2.52. The van der Waals surface area contributed by atoms with E-state index in [1.54, 1.807) is 24.3 Å². The molecule has 0 saturated heterocycles. The molecule has 0 aliphatic rings. The Labute approximate surface area is 167 Å². The molecule has 0 aliphatic heterocycles. The summed E-state index contributed by atoms with van der Waals surface area (Å²) in [6.45, 7) is 3.35. The van der Waals surface area contributed by atoms with Crippen LogP contribution in [0, 0.1) is 13.8 Å². The van der Waals surface area contributed by atoms with Crippen LogP contribution in [0.15, 0.2) is 30.3 Å². The number of hydrogen-bond acceptors (Lipinski definition) is 6. The first-order valence-electron chi connectivity index (χ1n) is 8.68. The summed E-state index contributed by atoms with van der Waals surface area (Å²) >= 11 is 1.54. The summed E-state index contributed by atoms with van der Waals surface area (Å²) in [5, 5.41) is 5.07. The number of benzene rings is 1. The van der Waals surface area contributed by atoms with E-state index in [1.807, 2.05) is 19.9 Å².